The normalized spacial score (nSPS) is 11.5. The first-order valence-corrected chi connectivity index (χ1v) is 8.90. The van der Waals surface area contributed by atoms with Crippen LogP contribution in [0.5, 0.6) is 0 Å². The van der Waals surface area contributed by atoms with Crippen molar-refractivity contribution in [2.75, 3.05) is 12.4 Å². The predicted molar refractivity (Wildman–Crippen MR) is 89.9 cm³/mol. The van der Waals surface area contributed by atoms with E-state index < -0.39 is 15.8 Å². The first-order chi connectivity index (χ1) is 11.0. The van der Waals surface area contributed by atoms with Crippen LogP contribution in [0.4, 0.5) is 0 Å². The molecule has 23 heavy (non-hydrogen) atoms. The molecule has 0 aliphatic rings. The maximum absolute atomic E-state index is 12.1. The minimum absolute atomic E-state index is 0.0135. The molecule has 0 unspecified atom stereocenters. The van der Waals surface area contributed by atoms with Crippen LogP contribution in [0.1, 0.15) is 22.8 Å². The summed E-state index contributed by atoms with van der Waals surface area (Å²) in [5, 5.41) is 0. The van der Waals surface area contributed by atoms with E-state index in [0.717, 1.165) is 5.56 Å². The van der Waals surface area contributed by atoms with Crippen molar-refractivity contribution >= 4 is 21.9 Å². The van der Waals surface area contributed by atoms with Gasteiger partial charge in [0.1, 0.15) is 6.61 Å². The standard InChI is InChI=1S/C18H18O4S/c1-2-23(20,21)17-13-7-6-12-16(17)18(19)22-14-8-11-15-9-4-3-5-10-15/h3-13H,2,14H2,1H3/b11-8+. The first-order valence-electron chi connectivity index (χ1n) is 7.25. The predicted octanol–water partition coefficient (Wildman–Crippen LogP) is 3.35. The zero-order chi connectivity index (χ0) is 16.7. The fourth-order valence-corrected chi connectivity index (χ4v) is 3.10. The Morgan fingerprint density at radius 2 is 1.70 bits per heavy atom. The lowest BCUT2D eigenvalue weighted by Gasteiger charge is -2.08. The van der Waals surface area contributed by atoms with Crippen LogP contribution in [0.2, 0.25) is 0 Å². The van der Waals surface area contributed by atoms with Crippen molar-refractivity contribution in [1.29, 1.82) is 0 Å². The van der Waals surface area contributed by atoms with E-state index in [1.54, 1.807) is 25.1 Å². The maximum Gasteiger partial charge on any atom is 0.339 e. The number of carbonyl (C=O) groups is 1. The highest BCUT2D eigenvalue weighted by Gasteiger charge is 2.21. The summed E-state index contributed by atoms with van der Waals surface area (Å²) >= 11 is 0. The van der Waals surface area contributed by atoms with E-state index in [4.69, 9.17) is 4.74 Å². The van der Waals surface area contributed by atoms with Crippen LogP contribution in [-0.2, 0) is 14.6 Å². The molecular formula is C18H18O4S. The summed E-state index contributed by atoms with van der Waals surface area (Å²) < 4.78 is 29.2. The fourth-order valence-electron chi connectivity index (χ4n) is 2.01. The molecule has 4 nitrogen and oxygen atoms in total. The number of hydrogen-bond acceptors (Lipinski definition) is 4. The van der Waals surface area contributed by atoms with Crippen molar-refractivity contribution in [3.05, 3.63) is 71.8 Å². The van der Waals surface area contributed by atoms with Gasteiger partial charge < -0.3 is 4.74 Å². The van der Waals surface area contributed by atoms with Gasteiger partial charge in [-0.2, -0.15) is 0 Å². The first kappa shape index (κ1) is 17.0. The molecule has 0 aliphatic heterocycles. The molecule has 0 atom stereocenters. The Balaban J connectivity index is 2.06. The Hall–Kier alpha value is -2.40. The Kier molecular flexibility index (Phi) is 5.71. The molecule has 0 bridgehead atoms. The Morgan fingerprint density at radius 3 is 2.39 bits per heavy atom. The molecule has 5 heteroatoms. The molecule has 120 valence electrons. The second-order valence-corrected chi connectivity index (χ2v) is 7.06. The van der Waals surface area contributed by atoms with Crippen molar-refractivity contribution < 1.29 is 17.9 Å². The minimum atomic E-state index is -3.47. The molecule has 2 rings (SSSR count). The molecule has 0 spiro atoms. The maximum atomic E-state index is 12.1. The lowest BCUT2D eigenvalue weighted by atomic mass is 10.2. The number of rotatable bonds is 6. The Labute approximate surface area is 136 Å². The van der Waals surface area contributed by atoms with Crippen LogP contribution in [0, 0.1) is 0 Å². The van der Waals surface area contributed by atoms with Crippen LogP contribution in [0.15, 0.2) is 65.6 Å². The van der Waals surface area contributed by atoms with Crippen molar-refractivity contribution in [2.45, 2.75) is 11.8 Å². The second-order valence-electron chi connectivity index (χ2n) is 4.81. The van der Waals surface area contributed by atoms with Crippen molar-refractivity contribution in [1.82, 2.24) is 0 Å². The Morgan fingerprint density at radius 1 is 1.04 bits per heavy atom. The molecule has 2 aromatic carbocycles. The topological polar surface area (TPSA) is 60.4 Å². The van der Waals surface area contributed by atoms with Gasteiger partial charge in [0.05, 0.1) is 16.2 Å². The third kappa shape index (κ3) is 4.53. The van der Waals surface area contributed by atoms with Crippen molar-refractivity contribution in [3.63, 3.8) is 0 Å². The summed E-state index contributed by atoms with van der Waals surface area (Å²) in [6, 6.07) is 15.7. The minimum Gasteiger partial charge on any atom is -0.458 e. The molecule has 2 aromatic rings. The Bertz CT molecular complexity index is 793. The van der Waals surface area contributed by atoms with Gasteiger partial charge in [0.2, 0.25) is 0 Å². The highest BCUT2D eigenvalue weighted by molar-refractivity contribution is 7.91. The molecular weight excluding hydrogens is 312 g/mol. The van der Waals surface area contributed by atoms with Crippen molar-refractivity contribution in [3.8, 4) is 0 Å². The summed E-state index contributed by atoms with van der Waals surface area (Å²) in [5.74, 6) is -0.707. The van der Waals surface area contributed by atoms with Gasteiger partial charge in [-0.15, -0.1) is 0 Å². The van der Waals surface area contributed by atoms with E-state index in [2.05, 4.69) is 0 Å². The number of hydrogen-bond donors (Lipinski definition) is 0. The zero-order valence-corrected chi connectivity index (χ0v) is 13.6. The van der Waals surface area contributed by atoms with Gasteiger partial charge in [0.15, 0.2) is 9.84 Å². The summed E-state index contributed by atoms with van der Waals surface area (Å²) in [5.41, 5.74) is 1.07. The summed E-state index contributed by atoms with van der Waals surface area (Å²) in [6.07, 6.45) is 3.55. The van der Waals surface area contributed by atoms with Crippen LogP contribution < -0.4 is 0 Å². The van der Waals surface area contributed by atoms with E-state index in [-0.39, 0.29) is 22.8 Å². The van der Waals surface area contributed by atoms with Crippen LogP contribution in [0.3, 0.4) is 0 Å². The van der Waals surface area contributed by atoms with Gasteiger partial charge in [-0.05, 0) is 23.8 Å². The monoisotopic (exact) mass is 330 g/mol. The van der Waals surface area contributed by atoms with Gasteiger partial charge in [-0.3, -0.25) is 0 Å². The van der Waals surface area contributed by atoms with Crippen LogP contribution in [-0.4, -0.2) is 26.7 Å². The van der Waals surface area contributed by atoms with Crippen LogP contribution >= 0.6 is 0 Å². The molecule has 0 fully saturated rings. The molecule has 0 aliphatic carbocycles. The van der Waals surface area contributed by atoms with Crippen LogP contribution in [0.25, 0.3) is 6.08 Å². The fraction of sp³-hybridized carbons (Fsp3) is 0.167. The number of benzene rings is 2. The molecule has 0 saturated carbocycles. The van der Waals surface area contributed by atoms with E-state index in [0.29, 0.717) is 0 Å². The number of sulfone groups is 1. The zero-order valence-electron chi connectivity index (χ0n) is 12.8. The summed E-state index contributed by atoms with van der Waals surface area (Å²) in [7, 11) is -3.47. The second kappa shape index (κ2) is 7.74. The summed E-state index contributed by atoms with van der Waals surface area (Å²) in [6.45, 7) is 1.62. The molecule has 0 aromatic heterocycles. The third-order valence-corrected chi connectivity index (χ3v) is 5.03. The molecule has 0 radical (unpaired) electrons. The lowest BCUT2D eigenvalue weighted by molar-refractivity contribution is 0.0545. The van der Waals surface area contributed by atoms with Gasteiger partial charge in [-0.25, -0.2) is 13.2 Å². The molecule has 0 heterocycles. The van der Waals surface area contributed by atoms with Gasteiger partial charge in [-0.1, -0.05) is 55.5 Å². The van der Waals surface area contributed by atoms with E-state index in [1.807, 2.05) is 36.4 Å². The van der Waals surface area contributed by atoms with E-state index in [9.17, 15) is 13.2 Å². The molecule has 0 amide bonds. The van der Waals surface area contributed by atoms with E-state index >= 15 is 0 Å². The summed E-state index contributed by atoms with van der Waals surface area (Å²) in [4.78, 5) is 12.1. The third-order valence-electron chi connectivity index (χ3n) is 3.24. The average molecular weight is 330 g/mol. The average Bonchev–Trinajstić information content (AvgIpc) is 2.59. The quantitative estimate of drug-likeness (QED) is 0.762. The van der Waals surface area contributed by atoms with Gasteiger partial charge >= 0.3 is 5.97 Å². The van der Waals surface area contributed by atoms with Gasteiger partial charge in [0, 0.05) is 0 Å². The lowest BCUT2D eigenvalue weighted by Crippen LogP contribution is -2.13. The van der Waals surface area contributed by atoms with E-state index in [1.165, 1.54) is 12.1 Å². The number of esters is 1. The highest BCUT2D eigenvalue weighted by Crippen LogP contribution is 2.18. The highest BCUT2D eigenvalue weighted by atomic mass is 32.2. The number of ether oxygens (including phenoxy) is 1. The smallest absolute Gasteiger partial charge is 0.339 e. The van der Waals surface area contributed by atoms with Gasteiger partial charge in [0.25, 0.3) is 0 Å². The number of carbonyl (C=O) groups excluding carboxylic acids is 1. The molecule has 0 saturated heterocycles. The molecule has 0 N–H and O–H groups in total. The van der Waals surface area contributed by atoms with Crippen molar-refractivity contribution in [2.24, 2.45) is 0 Å². The SMILES string of the molecule is CCS(=O)(=O)c1ccccc1C(=O)OC/C=C/c1ccccc1. The largest absolute Gasteiger partial charge is 0.458 e.